The van der Waals surface area contributed by atoms with Crippen LogP contribution in [0.3, 0.4) is 0 Å². The number of carbonyl (C=O) groups is 2. The second-order valence-corrected chi connectivity index (χ2v) is 3.98. The molecule has 0 saturated heterocycles. The van der Waals surface area contributed by atoms with Crippen LogP contribution in [-0.4, -0.2) is 82.8 Å². The molecule has 0 aliphatic carbocycles. The first-order valence-corrected chi connectivity index (χ1v) is 7.60. The molecule has 0 radical (unpaired) electrons. The highest BCUT2D eigenvalue weighted by Gasteiger charge is 2.34. The van der Waals surface area contributed by atoms with E-state index in [1.807, 2.05) is 5.32 Å². The number of aldehydes is 1. The van der Waals surface area contributed by atoms with Gasteiger partial charge in [0.25, 0.3) is 5.91 Å². The molecule has 0 aliphatic rings. The van der Waals surface area contributed by atoms with Gasteiger partial charge in [0.1, 0.15) is 18.3 Å². The predicted octanol–water partition coefficient (Wildman–Crippen LogP) is -3.70. The Morgan fingerprint density at radius 2 is 1.26 bits per heavy atom. The van der Waals surface area contributed by atoms with Crippen molar-refractivity contribution in [3.8, 4) is 0 Å². The van der Waals surface area contributed by atoms with Gasteiger partial charge in [0.05, 0.1) is 6.17 Å². The summed E-state index contributed by atoms with van der Waals surface area (Å²) in [5.41, 5.74) is 20.2. The lowest BCUT2D eigenvalue weighted by Gasteiger charge is -2.24. The molecule has 0 aromatic rings. The van der Waals surface area contributed by atoms with Crippen LogP contribution in [0.2, 0.25) is 0 Å². The summed E-state index contributed by atoms with van der Waals surface area (Å²) in [6.07, 6.45) is -8.92. The molecule has 0 saturated carbocycles. The summed E-state index contributed by atoms with van der Waals surface area (Å²) in [6.45, 7) is 19.1. The quantitative estimate of drug-likeness (QED) is 0.111. The van der Waals surface area contributed by atoms with Gasteiger partial charge in [-0.25, -0.2) is 0 Å². The van der Waals surface area contributed by atoms with Crippen LogP contribution in [0.25, 0.3) is 0 Å². The summed E-state index contributed by atoms with van der Waals surface area (Å²) in [4.78, 5) is 21.4. The Balaban J connectivity index is -0.000000136. The van der Waals surface area contributed by atoms with Gasteiger partial charge in [-0.3, -0.25) is 4.79 Å². The van der Waals surface area contributed by atoms with Crippen molar-refractivity contribution in [2.75, 3.05) is 19.6 Å². The monoisotopic (exact) mass is 395 g/mol. The Morgan fingerprint density at radius 3 is 1.52 bits per heavy atom. The molecule has 0 rings (SSSR count). The van der Waals surface area contributed by atoms with Gasteiger partial charge in [-0.15, -0.1) is 39.5 Å². The first-order chi connectivity index (χ1) is 12.8. The molecule has 0 spiro atoms. The van der Waals surface area contributed by atoms with Crippen LogP contribution in [0.4, 0.5) is 0 Å². The highest BCUT2D eigenvalue weighted by molar-refractivity contribution is 5.81. The van der Waals surface area contributed by atoms with E-state index in [-0.39, 0.29) is 12.8 Å². The fraction of sp³-hybridized carbons (Fsp3) is 0.500. The van der Waals surface area contributed by atoms with Gasteiger partial charge in [0.2, 0.25) is 0 Å². The Labute approximate surface area is 161 Å². The number of rotatable bonds is 8. The molecule has 5 atom stereocenters. The molecular formula is C16H37N5O6. The number of aliphatic hydroxyl groups excluding tert-OH is 4. The van der Waals surface area contributed by atoms with Crippen molar-refractivity contribution in [2.45, 2.75) is 30.6 Å². The van der Waals surface area contributed by atoms with Crippen LogP contribution < -0.4 is 28.3 Å². The van der Waals surface area contributed by atoms with Crippen molar-refractivity contribution in [1.29, 1.82) is 0 Å². The van der Waals surface area contributed by atoms with Gasteiger partial charge in [-0.05, 0) is 0 Å². The number of nitrogens with one attached hydrogen (secondary N) is 1. The SMILES string of the molecule is C=C.C=C.C=C.NCC(N)NC(=O)[C@H](O)[C@@H](O)[C@@H](O)[C@H](O)C=O.NCCN. The molecular weight excluding hydrogens is 358 g/mol. The average Bonchev–Trinajstić information content (AvgIpc) is 2.75. The molecule has 27 heavy (non-hydrogen) atoms. The second-order valence-electron chi connectivity index (χ2n) is 3.98. The van der Waals surface area contributed by atoms with E-state index in [9.17, 15) is 19.8 Å². The maximum absolute atomic E-state index is 11.2. The summed E-state index contributed by atoms with van der Waals surface area (Å²) in [5.74, 6) is -1.08. The zero-order valence-corrected chi connectivity index (χ0v) is 15.7. The standard InChI is InChI=1S/C8H17N3O6.C2H8N2.3C2H4/c9-1-4(10)11-8(17)7(16)6(15)5(14)3(13)2-12;3-1-2-4;3*1-2/h2-7,13-16H,1,9-10H2,(H,11,17);1-4H2;3*1-2H2/t3-,4?,5+,6+,7-;;;;/m1..../s1. The largest absolute Gasteiger partial charge is 0.387 e. The zero-order chi connectivity index (χ0) is 23.0. The maximum Gasteiger partial charge on any atom is 0.252 e. The topological polar surface area (TPSA) is 231 Å². The molecule has 0 aromatic heterocycles. The number of amides is 1. The van der Waals surface area contributed by atoms with Crippen molar-refractivity contribution < 1.29 is 30.0 Å². The summed E-state index contributed by atoms with van der Waals surface area (Å²) < 4.78 is 0. The van der Waals surface area contributed by atoms with Crippen LogP contribution in [0.15, 0.2) is 39.5 Å². The van der Waals surface area contributed by atoms with E-state index in [2.05, 4.69) is 39.5 Å². The Hall–Kier alpha value is -1.96. The highest BCUT2D eigenvalue weighted by Crippen LogP contribution is 2.04. The van der Waals surface area contributed by atoms with Gasteiger partial charge in [-0.2, -0.15) is 0 Å². The van der Waals surface area contributed by atoms with Crippen molar-refractivity contribution in [2.24, 2.45) is 22.9 Å². The van der Waals surface area contributed by atoms with Crippen LogP contribution in [0, 0.1) is 0 Å². The lowest BCUT2D eigenvalue weighted by atomic mass is 10.0. The third-order valence-electron chi connectivity index (χ3n) is 2.18. The van der Waals surface area contributed by atoms with Crippen LogP contribution >= 0.6 is 0 Å². The third-order valence-corrected chi connectivity index (χ3v) is 2.18. The number of carbonyl (C=O) groups excluding carboxylic acids is 2. The van der Waals surface area contributed by atoms with Crippen LogP contribution in [0.1, 0.15) is 0 Å². The highest BCUT2D eigenvalue weighted by atomic mass is 16.4. The lowest BCUT2D eigenvalue weighted by Crippen LogP contribution is -2.55. The first kappa shape index (κ1) is 36.0. The van der Waals surface area contributed by atoms with E-state index in [4.69, 9.17) is 33.1 Å². The van der Waals surface area contributed by atoms with Gasteiger partial charge >= 0.3 is 0 Å². The molecule has 0 bridgehead atoms. The second kappa shape index (κ2) is 28.8. The molecule has 11 heteroatoms. The normalized spacial score (nSPS) is 14.1. The van der Waals surface area contributed by atoms with Crippen molar-refractivity contribution in [3.05, 3.63) is 39.5 Å². The lowest BCUT2D eigenvalue weighted by molar-refractivity contribution is -0.150. The smallest absolute Gasteiger partial charge is 0.252 e. The Morgan fingerprint density at radius 1 is 0.889 bits per heavy atom. The van der Waals surface area contributed by atoms with Gasteiger partial charge in [-0.1, -0.05) is 0 Å². The molecule has 13 N–H and O–H groups in total. The van der Waals surface area contributed by atoms with Gasteiger partial charge < -0.3 is 53.5 Å². The molecule has 0 aliphatic heterocycles. The van der Waals surface area contributed by atoms with Crippen LogP contribution in [-0.2, 0) is 9.59 Å². The zero-order valence-electron chi connectivity index (χ0n) is 15.7. The van der Waals surface area contributed by atoms with Crippen molar-refractivity contribution in [1.82, 2.24) is 5.32 Å². The van der Waals surface area contributed by atoms with Gasteiger partial charge in [0, 0.05) is 19.6 Å². The average molecular weight is 396 g/mol. The minimum atomic E-state index is -2.04. The Kier molecular flexibility index (Phi) is 38.5. The summed E-state index contributed by atoms with van der Waals surface area (Å²) in [7, 11) is 0. The molecule has 162 valence electrons. The van der Waals surface area contributed by atoms with Crippen molar-refractivity contribution >= 4 is 12.2 Å². The van der Waals surface area contributed by atoms with E-state index >= 15 is 0 Å². The molecule has 1 amide bonds. The molecule has 1 unspecified atom stereocenters. The van der Waals surface area contributed by atoms with E-state index in [1.165, 1.54) is 0 Å². The summed E-state index contributed by atoms with van der Waals surface area (Å²) in [5, 5.41) is 38.7. The molecule has 11 nitrogen and oxygen atoms in total. The van der Waals surface area contributed by atoms with E-state index in [0.717, 1.165) is 0 Å². The molecule has 0 heterocycles. The van der Waals surface area contributed by atoms with Crippen LogP contribution in [0.5, 0.6) is 0 Å². The summed E-state index contributed by atoms with van der Waals surface area (Å²) >= 11 is 0. The number of hydrogen-bond donors (Lipinski definition) is 9. The number of nitrogens with two attached hydrogens (primary N) is 4. The van der Waals surface area contributed by atoms with Crippen molar-refractivity contribution in [3.63, 3.8) is 0 Å². The number of hydrogen-bond acceptors (Lipinski definition) is 10. The molecule has 0 fully saturated rings. The maximum atomic E-state index is 11.2. The number of aliphatic hydroxyl groups is 4. The predicted molar refractivity (Wildman–Crippen MR) is 107 cm³/mol. The van der Waals surface area contributed by atoms with Gasteiger partial charge in [0.15, 0.2) is 12.4 Å². The van der Waals surface area contributed by atoms with E-state index in [0.29, 0.717) is 13.1 Å². The minimum Gasteiger partial charge on any atom is -0.387 e. The summed E-state index contributed by atoms with van der Waals surface area (Å²) in [6, 6.07) is 0. The fourth-order valence-electron chi connectivity index (χ4n) is 0.951. The minimum absolute atomic E-state index is 0.0376. The third kappa shape index (κ3) is 22.0. The fourth-order valence-corrected chi connectivity index (χ4v) is 0.951. The first-order valence-electron chi connectivity index (χ1n) is 7.60. The van der Waals surface area contributed by atoms with E-state index < -0.39 is 36.5 Å². The van der Waals surface area contributed by atoms with E-state index in [1.54, 1.807) is 0 Å². The molecule has 0 aromatic carbocycles. The Bertz CT molecular complexity index is 332.